The van der Waals surface area contributed by atoms with Gasteiger partial charge in [-0.15, -0.1) is 0 Å². The van der Waals surface area contributed by atoms with Crippen molar-refractivity contribution in [2.75, 3.05) is 0 Å². The topological polar surface area (TPSA) is 69.4 Å². The van der Waals surface area contributed by atoms with Crippen LogP contribution in [-0.2, 0) is 16.6 Å². The molecule has 4 nitrogen and oxygen atoms in total. The maximum absolute atomic E-state index is 11.2. The molecule has 2 N–H and O–H groups in total. The molecule has 2 aromatic rings. The van der Waals surface area contributed by atoms with Crippen molar-refractivity contribution in [3.63, 3.8) is 0 Å². The molecule has 0 amide bonds. The molecule has 0 aliphatic heterocycles. The number of benzene rings is 2. The first-order chi connectivity index (χ1) is 9.79. The summed E-state index contributed by atoms with van der Waals surface area (Å²) in [5.41, 5.74) is 0.656. The van der Waals surface area contributed by atoms with E-state index in [1.807, 2.05) is 0 Å². The number of sulfonamides is 1. The first-order valence-corrected chi connectivity index (χ1v) is 8.76. The Hall–Kier alpha value is -0.790. The van der Waals surface area contributed by atoms with Crippen molar-refractivity contribution < 1.29 is 13.2 Å². The molecule has 0 aliphatic rings. The van der Waals surface area contributed by atoms with Crippen LogP contribution in [0.5, 0.6) is 5.75 Å². The average molecular weight is 411 g/mol. The van der Waals surface area contributed by atoms with Gasteiger partial charge < -0.3 is 4.74 Å². The average Bonchev–Trinajstić information content (AvgIpc) is 2.38. The summed E-state index contributed by atoms with van der Waals surface area (Å²) in [6, 6.07) is 9.42. The van der Waals surface area contributed by atoms with Crippen molar-refractivity contribution in [2.24, 2.45) is 5.14 Å². The summed E-state index contributed by atoms with van der Waals surface area (Å²) in [4.78, 5) is -0.00231. The van der Waals surface area contributed by atoms with Gasteiger partial charge in [0.05, 0.1) is 9.37 Å². The SMILES string of the molecule is NS(=O)(=O)c1ccc(OCc2c(Cl)cccc2Cl)c(Br)c1. The summed E-state index contributed by atoms with van der Waals surface area (Å²) in [6.07, 6.45) is 0. The third-order valence-corrected chi connectivity index (χ3v) is 4.90. The lowest BCUT2D eigenvalue weighted by Crippen LogP contribution is -2.12. The van der Waals surface area contributed by atoms with E-state index in [0.29, 0.717) is 25.8 Å². The van der Waals surface area contributed by atoms with Crippen LogP contribution in [0, 0.1) is 0 Å². The van der Waals surface area contributed by atoms with E-state index in [4.69, 9.17) is 33.1 Å². The van der Waals surface area contributed by atoms with E-state index in [0.717, 1.165) is 0 Å². The van der Waals surface area contributed by atoms with Gasteiger partial charge in [0, 0.05) is 15.6 Å². The summed E-state index contributed by atoms with van der Waals surface area (Å²) >= 11 is 15.3. The second-order valence-electron chi connectivity index (χ2n) is 4.13. The van der Waals surface area contributed by atoms with Crippen molar-refractivity contribution in [1.82, 2.24) is 0 Å². The fraction of sp³-hybridized carbons (Fsp3) is 0.0769. The van der Waals surface area contributed by atoms with Crippen LogP contribution in [0.1, 0.15) is 5.56 Å². The summed E-state index contributed by atoms with van der Waals surface area (Å²) < 4.78 is 28.6. The zero-order valence-corrected chi connectivity index (χ0v) is 14.4. The smallest absolute Gasteiger partial charge is 0.238 e. The van der Waals surface area contributed by atoms with Gasteiger partial charge in [-0.3, -0.25) is 0 Å². The molecule has 8 heteroatoms. The van der Waals surface area contributed by atoms with E-state index in [2.05, 4.69) is 15.9 Å². The number of nitrogens with two attached hydrogens (primary N) is 1. The minimum Gasteiger partial charge on any atom is -0.488 e. The molecule has 0 saturated carbocycles. The highest BCUT2D eigenvalue weighted by atomic mass is 79.9. The predicted octanol–water partition coefficient (Wildman–Crippen LogP) is 3.98. The van der Waals surface area contributed by atoms with E-state index in [-0.39, 0.29) is 11.5 Å². The zero-order valence-electron chi connectivity index (χ0n) is 10.5. The van der Waals surface area contributed by atoms with Crippen LogP contribution in [-0.4, -0.2) is 8.42 Å². The third kappa shape index (κ3) is 4.11. The van der Waals surface area contributed by atoms with Gasteiger partial charge in [-0.25, -0.2) is 13.6 Å². The summed E-state index contributed by atoms with van der Waals surface area (Å²) in [5.74, 6) is 0.457. The van der Waals surface area contributed by atoms with Crippen LogP contribution in [0.4, 0.5) is 0 Å². The number of hydrogen-bond acceptors (Lipinski definition) is 3. The van der Waals surface area contributed by atoms with Gasteiger partial charge in [-0.05, 0) is 46.3 Å². The fourth-order valence-corrected chi connectivity index (χ4v) is 3.29. The van der Waals surface area contributed by atoms with E-state index < -0.39 is 10.0 Å². The van der Waals surface area contributed by atoms with E-state index in [1.165, 1.54) is 18.2 Å². The number of rotatable bonds is 4. The molecule has 0 bridgehead atoms. The highest BCUT2D eigenvalue weighted by molar-refractivity contribution is 9.10. The van der Waals surface area contributed by atoms with Crippen molar-refractivity contribution >= 4 is 49.2 Å². The van der Waals surface area contributed by atoms with Gasteiger partial charge in [0.1, 0.15) is 12.4 Å². The highest BCUT2D eigenvalue weighted by Gasteiger charge is 2.12. The Morgan fingerprint density at radius 2 is 1.76 bits per heavy atom. The van der Waals surface area contributed by atoms with Crippen LogP contribution in [0.2, 0.25) is 10.0 Å². The van der Waals surface area contributed by atoms with Gasteiger partial charge in [0.25, 0.3) is 0 Å². The largest absolute Gasteiger partial charge is 0.488 e. The van der Waals surface area contributed by atoms with Crippen molar-refractivity contribution in [3.8, 4) is 5.75 Å². The Balaban J connectivity index is 2.22. The lowest BCUT2D eigenvalue weighted by Gasteiger charge is -2.11. The van der Waals surface area contributed by atoms with Gasteiger partial charge in [-0.2, -0.15) is 0 Å². The van der Waals surface area contributed by atoms with Crippen LogP contribution in [0.15, 0.2) is 45.8 Å². The molecule has 0 unspecified atom stereocenters. The second kappa shape index (κ2) is 6.54. The molecule has 0 aromatic heterocycles. The Morgan fingerprint density at radius 1 is 1.14 bits per heavy atom. The maximum Gasteiger partial charge on any atom is 0.238 e. The lowest BCUT2D eigenvalue weighted by atomic mass is 10.2. The molecule has 2 rings (SSSR count). The van der Waals surface area contributed by atoms with Crippen LogP contribution in [0.3, 0.4) is 0 Å². The molecule has 0 aliphatic carbocycles. The van der Waals surface area contributed by atoms with Crippen LogP contribution in [0.25, 0.3) is 0 Å². The lowest BCUT2D eigenvalue weighted by molar-refractivity contribution is 0.304. The van der Waals surface area contributed by atoms with Crippen molar-refractivity contribution in [1.29, 1.82) is 0 Å². The zero-order chi connectivity index (χ0) is 15.6. The molecule has 112 valence electrons. The third-order valence-electron chi connectivity index (χ3n) is 2.67. The minimum atomic E-state index is -3.75. The molecule has 0 saturated heterocycles. The summed E-state index contributed by atoms with van der Waals surface area (Å²) in [6.45, 7) is 0.159. The van der Waals surface area contributed by atoms with E-state index in [1.54, 1.807) is 18.2 Å². The Labute approximate surface area is 141 Å². The molecule has 0 spiro atoms. The molecule has 0 fully saturated rings. The highest BCUT2D eigenvalue weighted by Crippen LogP contribution is 2.30. The summed E-state index contributed by atoms with van der Waals surface area (Å²) in [7, 11) is -3.75. The minimum absolute atomic E-state index is 0.00231. The molecular formula is C13H10BrCl2NO3S. The first kappa shape index (κ1) is 16.6. The Morgan fingerprint density at radius 3 is 2.29 bits per heavy atom. The number of hydrogen-bond donors (Lipinski definition) is 1. The Bertz CT molecular complexity index is 761. The van der Waals surface area contributed by atoms with Gasteiger partial charge in [-0.1, -0.05) is 29.3 Å². The number of ether oxygens (including phenoxy) is 1. The van der Waals surface area contributed by atoms with Gasteiger partial charge >= 0.3 is 0 Å². The molecule has 0 atom stereocenters. The quantitative estimate of drug-likeness (QED) is 0.828. The molecule has 21 heavy (non-hydrogen) atoms. The van der Waals surface area contributed by atoms with Crippen LogP contribution >= 0.6 is 39.1 Å². The van der Waals surface area contributed by atoms with E-state index in [9.17, 15) is 8.42 Å². The van der Waals surface area contributed by atoms with Gasteiger partial charge in [0.2, 0.25) is 10.0 Å². The molecule has 2 aromatic carbocycles. The fourth-order valence-electron chi connectivity index (χ4n) is 1.60. The van der Waals surface area contributed by atoms with Crippen LogP contribution < -0.4 is 9.88 Å². The standard InChI is InChI=1S/C13H10BrCl2NO3S/c14-10-6-8(21(17,18)19)4-5-13(10)20-7-9-11(15)2-1-3-12(9)16/h1-6H,7H2,(H2,17,18,19). The van der Waals surface area contributed by atoms with Crippen molar-refractivity contribution in [2.45, 2.75) is 11.5 Å². The van der Waals surface area contributed by atoms with Crippen molar-refractivity contribution in [3.05, 3.63) is 56.5 Å². The predicted molar refractivity (Wildman–Crippen MR) is 86.3 cm³/mol. The number of primary sulfonamides is 1. The normalized spacial score (nSPS) is 11.4. The maximum atomic E-state index is 11.2. The summed E-state index contributed by atoms with van der Waals surface area (Å²) in [5, 5.41) is 6.06. The first-order valence-electron chi connectivity index (χ1n) is 5.67. The Kier molecular flexibility index (Phi) is 5.16. The molecular weight excluding hydrogens is 401 g/mol. The van der Waals surface area contributed by atoms with Gasteiger partial charge in [0.15, 0.2) is 0 Å². The van der Waals surface area contributed by atoms with E-state index >= 15 is 0 Å². The molecule has 0 heterocycles. The molecule has 0 radical (unpaired) electrons. The number of halogens is 3. The second-order valence-corrected chi connectivity index (χ2v) is 7.36. The monoisotopic (exact) mass is 409 g/mol.